The molecule has 4 nitrogen and oxygen atoms in total. The van der Waals surface area contributed by atoms with Crippen molar-refractivity contribution in [1.82, 2.24) is 0 Å². The average Bonchev–Trinajstić information content (AvgIpc) is 2.86. The van der Waals surface area contributed by atoms with Gasteiger partial charge in [0.1, 0.15) is 6.10 Å². The number of allylic oxidation sites excluding steroid dienone is 2. The Kier molecular flexibility index (Phi) is 27.2. The number of carbonyl (C=O) groups excluding carboxylic acids is 1. The molecule has 4 heteroatoms. The van der Waals surface area contributed by atoms with Crippen molar-refractivity contribution in [1.29, 1.82) is 0 Å². The van der Waals surface area contributed by atoms with E-state index in [1.165, 1.54) is 96.3 Å². The van der Waals surface area contributed by atoms with E-state index in [4.69, 9.17) is 9.84 Å². The second-order valence-electron chi connectivity index (χ2n) is 10.6. The summed E-state index contributed by atoms with van der Waals surface area (Å²) in [5.41, 5.74) is 0. The Morgan fingerprint density at radius 1 is 0.611 bits per heavy atom. The molecular formula is C32H60O4. The quantitative estimate of drug-likeness (QED) is 0.0648. The number of carboxylic acids is 1. The molecule has 0 rings (SSSR count). The van der Waals surface area contributed by atoms with E-state index in [0.29, 0.717) is 12.8 Å². The normalized spacial score (nSPS) is 12.3. The average molecular weight is 509 g/mol. The molecule has 0 amide bonds. The summed E-state index contributed by atoms with van der Waals surface area (Å²) in [6.07, 6.45) is 33.0. The Labute approximate surface area is 224 Å². The molecule has 0 fully saturated rings. The van der Waals surface area contributed by atoms with Crippen LogP contribution in [-0.4, -0.2) is 23.1 Å². The zero-order chi connectivity index (χ0) is 26.5. The van der Waals surface area contributed by atoms with E-state index in [1.54, 1.807) is 0 Å². The van der Waals surface area contributed by atoms with Crippen LogP contribution in [0.2, 0.25) is 0 Å². The van der Waals surface area contributed by atoms with Gasteiger partial charge in [-0.1, -0.05) is 116 Å². The minimum atomic E-state index is -0.681. The van der Waals surface area contributed by atoms with Crippen molar-refractivity contribution >= 4 is 11.9 Å². The molecule has 0 aromatic carbocycles. The molecule has 0 radical (unpaired) electrons. The summed E-state index contributed by atoms with van der Waals surface area (Å²) in [7, 11) is 0. The van der Waals surface area contributed by atoms with Gasteiger partial charge in [0.15, 0.2) is 0 Å². The van der Waals surface area contributed by atoms with E-state index in [0.717, 1.165) is 51.4 Å². The third-order valence-electron chi connectivity index (χ3n) is 7.06. The van der Waals surface area contributed by atoms with E-state index in [1.807, 2.05) is 0 Å². The van der Waals surface area contributed by atoms with Gasteiger partial charge in [0.25, 0.3) is 0 Å². The Hall–Kier alpha value is -1.32. The molecule has 0 aliphatic carbocycles. The van der Waals surface area contributed by atoms with Crippen molar-refractivity contribution in [3.05, 3.63) is 12.2 Å². The molecule has 0 bridgehead atoms. The van der Waals surface area contributed by atoms with Gasteiger partial charge >= 0.3 is 11.9 Å². The molecule has 212 valence electrons. The Bertz CT molecular complexity index is 514. The zero-order valence-electron chi connectivity index (χ0n) is 24.1. The predicted molar refractivity (Wildman–Crippen MR) is 153 cm³/mol. The maximum atomic E-state index is 12.2. The molecule has 36 heavy (non-hydrogen) atoms. The van der Waals surface area contributed by atoms with Gasteiger partial charge in [0, 0.05) is 12.8 Å². The highest BCUT2D eigenvalue weighted by Crippen LogP contribution is 2.16. The zero-order valence-corrected chi connectivity index (χ0v) is 24.1. The fourth-order valence-corrected chi connectivity index (χ4v) is 4.64. The van der Waals surface area contributed by atoms with Crippen LogP contribution in [0.15, 0.2) is 12.2 Å². The highest BCUT2D eigenvalue weighted by Gasteiger charge is 2.12. The first-order valence-corrected chi connectivity index (χ1v) is 15.7. The van der Waals surface area contributed by atoms with Gasteiger partial charge in [0.05, 0.1) is 0 Å². The number of carbonyl (C=O) groups is 2. The summed E-state index contributed by atoms with van der Waals surface area (Å²) in [5, 5.41) is 8.63. The van der Waals surface area contributed by atoms with E-state index < -0.39 is 5.97 Å². The summed E-state index contributed by atoms with van der Waals surface area (Å²) in [6.45, 7) is 4.37. The van der Waals surface area contributed by atoms with Crippen LogP contribution in [0.4, 0.5) is 0 Å². The van der Waals surface area contributed by atoms with Crippen LogP contribution in [0, 0.1) is 0 Å². The second kappa shape index (κ2) is 28.3. The van der Waals surface area contributed by atoms with E-state index >= 15 is 0 Å². The number of esters is 1. The molecule has 0 aliphatic rings. The van der Waals surface area contributed by atoms with Crippen molar-refractivity contribution in [3.63, 3.8) is 0 Å². The number of hydrogen-bond acceptors (Lipinski definition) is 3. The lowest BCUT2D eigenvalue weighted by molar-refractivity contribution is -0.149. The van der Waals surface area contributed by atoms with Crippen molar-refractivity contribution in [3.8, 4) is 0 Å². The minimum absolute atomic E-state index is 0.00572. The van der Waals surface area contributed by atoms with Crippen LogP contribution < -0.4 is 0 Å². The largest absolute Gasteiger partial charge is 0.481 e. The number of unbranched alkanes of at least 4 members (excludes halogenated alkanes) is 18. The first kappa shape index (κ1) is 34.7. The Morgan fingerprint density at radius 2 is 1.06 bits per heavy atom. The monoisotopic (exact) mass is 508 g/mol. The van der Waals surface area contributed by atoms with Gasteiger partial charge in [0.2, 0.25) is 0 Å². The van der Waals surface area contributed by atoms with Crippen LogP contribution in [0.5, 0.6) is 0 Å². The molecule has 1 atom stereocenters. The molecule has 0 heterocycles. The fraction of sp³-hybridized carbons (Fsp3) is 0.875. The van der Waals surface area contributed by atoms with Crippen LogP contribution in [0.3, 0.4) is 0 Å². The summed E-state index contributed by atoms with van der Waals surface area (Å²) in [4.78, 5) is 22.7. The number of rotatable bonds is 28. The standard InChI is InChI=1S/C32H60O4/c1-3-5-6-7-8-9-10-11-12-13-17-20-23-26-29-32(35)36-30(4-2)27-24-21-18-15-14-16-19-22-25-28-31(33)34/h9-10,30H,3-8,11-29H2,1-2H3,(H,33,34)/b10-9-. The van der Waals surface area contributed by atoms with E-state index in [-0.39, 0.29) is 12.1 Å². The molecule has 1 N–H and O–H groups in total. The minimum Gasteiger partial charge on any atom is -0.481 e. The summed E-state index contributed by atoms with van der Waals surface area (Å²) >= 11 is 0. The topological polar surface area (TPSA) is 63.6 Å². The molecule has 0 aromatic heterocycles. The molecule has 0 aliphatic heterocycles. The highest BCUT2D eigenvalue weighted by molar-refractivity contribution is 5.69. The van der Waals surface area contributed by atoms with Crippen molar-refractivity contribution in [2.45, 2.75) is 180 Å². The highest BCUT2D eigenvalue weighted by atomic mass is 16.5. The first-order valence-electron chi connectivity index (χ1n) is 15.7. The summed E-state index contributed by atoms with van der Waals surface area (Å²) < 4.78 is 5.72. The molecule has 1 unspecified atom stereocenters. The van der Waals surface area contributed by atoms with Gasteiger partial charge < -0.3 is 9.84 Å². The maximum absolute atomic E-state index is 12.2. The molecule has 0 saturated carbocycles. The second-order valence-corrected chi connectivity index (χ2v) is 10.6. The molecule has 0 aromatic rings. The lowest BCUT2D eigenvalue weighted by atomic mass is 10.0. The van der Waals surface area contributed by atoms with E-state index in [2.05, 4.69) is 26.0 Å². The Morgan fingerprint density at radius 3 is 1.56 bits per heavy atom. The summed E-state index contributed by atoms with van der Waals surface area (Å²) in [6, 6.07) is 0. The van der Waals surface area contributed by atoms with Gasteiger partial charge in [-0.2, -0.15) is 0 Å². The lowest BCUT2D eigenvalue weighted by Gasteiger charge is -2.16. The van der Waals surface area contributed by atoms with Crippen LogP contribution in [0.25, 0.3) is 0 Å². The number of hydrogen-bond donors (Lipinski definition) is 1. The van der Waals surface area contributed by atoms with Gasteiger partial charge in [-0.15, -0.1) is 0 Å². The summed E-state index contributed by atoms with van der Waals surface area (Å²) in [5.74, 6) is -0.687. The molecule has 0 spiro atoms. The first-order chi connectivity index (χ1) is 17.6. The van der Waals surface area contributed by atoms with Crippen molar-refractivity contribution < 1.29 is 19.4 Å². The van der Waals surface area contributed by atoms with Gasteiger partial charge in [-0.3, -0.25) is 9.59 Å². The smallest absolute Gasteiger partial charge is 0.306 e. The van der Waals surface area contributed by atoms with Gasteiger partial charge in [-0.25, -0.2) is 0 Å². The molecular weight excluding hydrogens is 448 g/mol. The third kappa shape index (κ3) is 27.3. The fourth-order valence-electron chi connectivity index (χ4n) is 4.64. The predicted octanol–water partition coefficient (Wildman–Crippen LogP) is 10.3. The SMILES string of the molecule is CCCCCC/C=C\CCCCCCCCC(=O)OC(CC)CCCCCCCCCCCC(=O)O. The lowest BCUT2D eigenvalue weighted by Crippen LogP contribution is -2.17. The number of aliphatic carboxylic acids is 1. The molecule has 0 saturated heterocycles. The Balaban J connectivity index is 3.47. The van der Waals surface area contributed by atoms with Crippen LogP contribution in [-0.2, 0) is 14.3 Å². The third-order valence-corrected chi connectivity index (χ3v) is 7.06. The van der Waals surface area contributed by atoms with Crippen LogP contribution in [0.1, 0.15) is 174 Å². The van der Waals surface area contributed by atoms with Gasteiger partial charge in [-0.05, 0) is 57.8 Å². The van der Waals surface area contributed by atoms with E-state index in [9.17, 15) is 9.59 Å². The maximum Gasteiger partial charge on any atom is 0.306 e. The van der Waals surface area contributed by atoms with Crippen molar-refractivity contribution in [2.24, 2.45) is 0 Å². The van der Waals surface area contributed by atoms with Crippen molar-refractivity contribution in [2.75, 3.05) is 0 Å². The number of ether oxygens (including phenoxy) is 1. The van der Waals surface area contributed by atoms with Crippen LogP contribution >= 0.6 is 0 Å². The number of carboxylic acid groups (broad SMARTS) is 1.